The lowest BCUT2D eigenvalue weighted by Gasteiger charge is -1.86. The van der Waals surface area contributed by atoms with Gasteiger partial charge in [-0.3, -0.25) is 0 Å². The fourth-order valence-corrected chi connectivity index (χ4v) is 1.34. The Morgan fingerprint density at radius 1 is 1.25 bits per heavy atom. The van der Waals surface area contributed by atoms with Crippen LogP contribution in [0.3, 0.4) is 0 Å². The Morgan fingerprint density at radius 2 is 2.25 bits per heavy atom. The van der Waals surface area contributed by atoms with Gasteiger partial charge in [-0.1, -0.05) is 0 Å². The highest BCUT2D eigenvalue weighted by Crippen LogP contribution is 2.20. The van der Waals surface area contributed by atoms with Gasteiger partial charge in [0.2, 0.25) is 0 Å². The molecule has 0 unspecified atom stereocenters. The molecule has 4 heteroatoms. The van der Waals surface area contributed by atoms with Gasteiger partial charge in [-0.05, 0) is 12.1 Å². The highest BCUT2D eigenvalue weighted by Gasteiger charge is 2.04. The number of hydrogen-bond acceptors (Lipinski definition) is 3. The number of aromatic nitrogens is 3. The molecule has 3 rings (SSSR count). The van der Waals surface area contributed by atoms with Crippen LogP contribution in [0, 0.1) is 0 Å². The normalized spacial score (nSPS) is 11.3. The van der Waals surface area contributed by atoms with E-state index in [0.29, 0.717) is 0 Å². The summed E-state index contributed by atoms with van der Waals surface area (Å²) in [6.45, 7) is 0. The largest absolute Gasteiger partial charge is 0.389 e. The average molecular weight is 159 g/mol. The van der Waals surface area contributed by atoms with Crippen molar-refractivity contribution in [1.82, 2.24) is 15.1 Å². The molecule has 0 saturated carbocycles. The standard InChI is InChI=1S/C8H5N3O/c1-2-6-8(10-4-9-6)7-5(1)3-12-11-7/h1-4,11H. The van der Waals surface area contributed by atoms with Crippen LogP contribution in [0.1, 0.15) is 0 Å². The Labute approximate surface area is 67.2 Å². The highest BCUT2D eigenvalue weighted by molar-refractivity contribution is 6.00. The molecule has 2 heterocycles. The minimum Gasteiger partial charge on any atom is -0.389 e. The lowest BCUT2D eigenvalue weighted by molar-refractivity contribution is 0.428. The van der Waals surface area contributed by atoms with Crippen LogP contribution in [-0.4, -0.2) is 15.1 Å². The molecular formula is C8H5N3O. The molecule has 1 aromatic carbocycles. The van der Waals surface area contributed by atoms with E-state index in [1.54, 1.807) is 12.6 Å². The molecule has 1 N–H and O–H groups in total. The second kappa shape index (κ2) is 1.85. The van der Waals surface area contributed by atoms with Crippen LogP contribution in [-0.2, 0) is 0 Å². The number of fused-ring (bicyclic) bond motifs is 3. The summed E-state index contributed by atoms with van der Waals surface area (Å²) in [4.78, 5) is 8.19. The van der Waals surface area contributed by atoms with Crippen LogP contribution in [0.5, 0.6) is 0 Å². The van der Waals surface area contributed by atoms with Crippen molar-refractivity contribution in [3.63, 3.8) is 0 Å². The second-order valence-electron chi connectivity index (χ2n) is 2.61. The molecule has 0 amide bonds. The minimum atomic E-state index is 0.862. The van der Waals surface area contributed by atoms with Crippen molar-refractivity contribution in [3.05, 3.63) is 24.7 Å². The predicted molar refractivity (Wildman–Crippen MR) is 43.7 cm³/mol. The van der Waals surface area contributed by atoms with Gasteiger partial charge in [-0.15, -0.1) is 0 Å². The smallest absolute Gasteiger partial charge is 0.128 e. The maximum absolute atomic E-state index is 4.95. The number of H-pyrrole nitrogens is 1. The van der Waals surface area contributed by atoms with E-state index < -0.39 is 0 Å². The molecule has 0 fully saturated rings. The lowest BCUT2D eigenvalue weighted by atomic mass is 10.2. The molecule has 0 saturated heterocycles. The van der Waals surface area contributed by atoms with Gasteiger partial charge in [-0.25, -0.2) is 15.1 Å². The Morgan fingerprint density at radius 3 is 3.25 bits per heavy atom. The first-order chi connectivity index (χ1) is 5.95. The summed E-state index contributed by atoms with van der Waals surface area (Å²) in [6.07, 6.45) is 3.20. The van der Waals surface area contributed by atoms with Crippen LogP contribution in [0.4, 0.5) is 0 Å². The van der Waals surface area contributed by atoms with Crippen molar-refractivity contribution in [2.75, 3.05) is 0 Å². The van der Waals surface area contributed by atoms with Crippen LogP contribution in [0.2, 0.25) is 0 Å². The molecule has 0 aliphatic rings. The molecule has 2 aromatic heterocycles. The first kappa shape index (κ1) is 5.77. The summed E-state index contributed by atoms with van der Waals surface area (Å²) in [5, 5.41) is 3.79. The number of imidazole rings is 1. The Balaban J connectivity index is 2.71. The third-order valence-electron chi connectivity index (χ3n) is 1.92. The molecular weight excluding hydrogens is 154 g/mol. The molecule has 58 valence electrons. The van der Waals surface area contributed by atoms with E-state index >= 15 is 0 Å². The topological polar surface area (TPSA) is 54.7 Å². The molecule has 12 heavy (non-hydrogen) atoms. The van der Waals surface area contributed by atoms with Crippen molar-refractivity contribution in [2.24, 2.45) is 0 Å². The van der Waals surface area contributed by atoms with Crippen molar-refractivity contribution in [2.45, 2.75) is 0 Å². The fraction of sp³-hybridized carbons (Fsp3) is 0. The Kier molecular flexibility index (Phi) is 0.889. The van der Waals surface area contributed by atoms with Crippen molar-refractivity contribution < 1.29 is 4.52 Å². The first-order valence-corrected chi connectivity index (χ1v) is 3.60. The fourth-order valence-electron chi connectivity index (χ4n) is 1.34. The molecule has 0 radical (unpaired) electrons. The predicted octanol–water partition coefficient (Wildman–Crippen LogP) is 1.70. The third-order valence-corrected chi connectivity index (χ3v) is 1.92. The molecule has 0 aliphatic heterocycles. The zero-order valence-electron chi connectivity index (χ0n) is 6.11. The number of nitrogens with one attached hydrogen (secondary N) is 1. The molecule has 0 atom stereocenters. The van der Waals surface area contributed by atoms with Gasteiger partial charge in [0.25, 0.3) is 0 Å². The summed E-state index contributed by atoms with van der Waals surface area (Å²) < 4.78 is 4.95. The summed E-state index contributed by atoms with van der Waals surface area (Å²) in [6, 6.07) is 3.88. The zero-order valence-corrected chi connectivity index (χ0v) is 6.11. The number of aromatic amines is 1. The second-order valence-corrected chi connectivity index (χ2v) is 2.61. The number of benzene rings is 1. The Bertz CT molecular complexity index is 487. The molecule has 0 bridgehead atoms. The molecule has 0 spiro atoms. The summed E-state index contributed by atoms with van der Waals surface area (Å²) >= 11 is 0. The average Bonchev–Trinajstić information content (AvgIpc) is 2.71. The van der Waals surface area contributed by atoms with E-state index in [1.807, 2.05) is 12.1 Å². The SMILES string of the molecule is c1nc2ccc3co[nH]c3c2n1. The van der Waals surface area contributed by atoms with Crippen molar-refractivity contribution >= 4 is 21.9 Å². The van der Waals surface area contributed by atoms with E-state index in [9.17, 15) is 0 Å². The molecule has 4 nitrogen and oxygen atoms in total. The van der Waals surface area contributed by atoms with Crippen molar-refractivity contribution in [3.8, 4) is 0 Å². The van der Waals surface area contributed by atoms with Crippen LogP contribution in [0.15, 0.2) is 29.2 Å². The van der Waals surface area contributed by atoms with Gasteiger partial charge < -0.3 is 4.52 Å². The van der Waals surface area contributed by atoms with Crippen LogP contribution in [0.25, 0.3) is 21.9 Å². The van der Waals surface area contributed by atoms with Crippen molar-refractivity contribution in [1.29, 1.82) is 0 Å². The third kappa shape index (κ3) is 0.567. The van der Waals surface area contributed by atoms with Gasteiger partial charge in [0.05, 0.1) is 5.52 Å². The monoisotopic (exact) mass is 159 g/mol. The van der Waals surface area contributed by atoms with Gasteiger partial charge in [0, 0.05) is 5.39 Å². The lowest BCUT2D eigenvalue weighted by Crippen LogP contribution is -1.71. The van der Waals surface area contributed by atoms with Crippen LogP contribution >= 0.6 is 0 Å². The highest BCUT2D eigenvalue weighted by atomic mass is 16.5. The number of nitrogens with zero attached hydrogens (tertiary/aromatic N) is 2. The van der Waals surface area contributed by atoms with E-state index in [2.05, 4.69) is 15.1 Å². The van der Waals surface area contributed by atoms with E-state index in [1.165, 1.54) is 0 Å². The van der Waals surface area contributed by atoms with E-state index in [-0.39, 0.29) is 0 Å². The Hall–Kier alpha value is -1.84. The van der Waals surface area contributed by atoms with E-state index in [0.717, 1.165) is 21.9 Å². The molecule has 3 aromatic rings. The summed E-state index contributed by atoms with van der Waals surface area (Å²) in [5.74, 6) is 0. The quantitative estimate of drug-likeness (QED) is 0.543. The van der Waals surface area contributed by atoms with Gasteiger partial charge in [-0.2, -0.15) is 0 Å². The minimum absolute atomic E-state index is 0.862. The number of hydrogen-bond donors (Lipinski definition) is 1. The van der Waals surface area contributed by atoms with Gasteiger partial charge in [0.15, 0.2) is 0 Å². The maximum Gasteiger partial charge on any atom is 0.128 e. The van der Waals surface area contributed by atoms with Gasteiger partial charge >= 0.3 is 0 Å². The molecule has 0 aliphatic carbocycles. The summed E-state index contributed by atoms with van der Waals surface area (Å²) in [7, 11) is 0. The van der Waals surface area contributed by atoms with Gasteiger partial charge in [0.1, 0.15) is 23.6 Å². The zero-order chi connectivity index (χ0) is 7.97. The van der Waals surface area contributed by atoms with Crippen LogP contribution < -0.4 is 0 Å². The first-order valence-electron chi connectivity index (χ1n) is 3.60. The van der Waals surface area contributed by atoms with E-state index in [4.69, 9.17) is 4.52 Å². The summed E-state index contributed by atoms with van der Waals surface area (Å²) in [5.41, 5.74) is 2.66. The number of rotatable bonds is 0. The maximum atomic E-state index is 4.95.